The van der Waals surface area contributed by atoms with Crippen molar-refractivity contribution in [2.75, 3.05) is 13.1 Å². The maximum Gasteiger partial charge on any atom is 0.243 e. The summed E-state index contributed by atoms with van der Waals surface area (Å²) >= 11 is 5.86. The second-order valence-corrected chi connectivity index (χ2v) is 8.88. The highest BCUT2D eigenvalue weighted by atomic mass is 35.5. The zero-order chi connectivity index (χ0) is 17.7. The van der Waals surface area contributed by atoms with Crippen LogP contribution in [-0.2, 0) is 14.8 Å². The number of nitrogens with zero attached hydrogens (tertiary/aromatic N) is 1. The molecular weight excluding hydrogens is 348 g/mol. The van der Waals surface area contributed by atoms with E-state index in [9.17, 15) is 13.2 Å². The maximum atomic E-state index is 13.1. The van der Waals surface area contributed by atoms with Gasteiger partial charge in [-0.1, -0.05) is 25.4 Å². The summed E-state index contributed by atoms with van der Waals surface area (Å²) in [7, 11) is -3.75. The number of hydrogen-bond donors (Lipinski definition) is 1. The molecule has 134 valence electrons. The van der Waals surface area contributed by atoms with Gasteiger partial charge in [0.2, 0.25) is 15.9 Å². The van der Waals surface area contributed by atoms with Gasteiger partial charge in [0, 0.05) is 18.1 Å². The van der Waals surface area contributed by atoms with Crippen LogP contribution in [0.1, 0.15) is 39.5 Å². The molecular formula is C17H25ClN2O3S. The molecule has 0 radical (unpaired) electrons. The van der Waals surface area contributed by atoms with E-state index in [2.05, 4.69) is 5.32 Å². The van der Waals surface area contributed by atoms with Gasteiger partial charge in [-0.2, -0.15) is 4.31 Å². The van der Waals surface area contributed by atoms with E-state index in [1.807, 2.05) is 13.8 Å². The van der Waals surface area contributed by atoms with E-state index < -0.39 is 16.1 Å². The Kier molecular flexibility index (Phi) is 6.66. The van der Waals surface area contributed by atoms with Crippen molar-refractivity contribution < 1.29 is 13.2 Å². The van der Waals surface area contributed by atoms with Crippen molar-refractivity contribution in [1.82, 2.24) is 9.62 Å². The maximum absolute atomic E-state index is 13.1. The van der Waals surface area contributed by atoms with Crippen molar-refractivity contribution >= 4 is 27.5 Å². The van der Waals surface area contributed by atoms with E-state index >= 15 is 0 Å². The van der Waals surface area contributed by atoms with E-state index in [1.165, 1.54) is 16.4 Å². The highest BCUT2D eigenvalue weighted by molar-refractivity contribution is 7.89. The first-order valence-corrected chi connectivity index (χ1v) is 10.2. The highest BCUT2D eigenvalue weighted by Gasteiger charge is 2.36. The zero-order valence-corrected chi connectivity index (χ0v) is 15.7. The first-order chi connectivity index (χ1) is 11.3. The summed E-state index contributed by atoms with van der Waals surface area (Å²) in [6.45, 7) is 5.02. The minimum atomic E-state index is -3.75. The van der Waals surface area contributed by atoms with E-state index in [1.54, 1.807) is 12.1 Å². The average Bonchev–Trinajstić information content (AvgIpc) is 2.72. The van der Waals surface area contributed by atoms with E-state index in [-0.39, 0.29) is 10.8 Å². The second kappa shape index (κ2) is 8.32. The summed E-state index contributed by atoms with van der Waals surface area (Å²) in [4.78, 5) is 12.6. The van der Waals surface area contributed by atoms with Crippen molar-refractivity contribution in [3.05, 3.63) is 29.3 Å². The van der Waals surface area contributed by atoms with Crippen molar-refractivity contribution in [3.63, 3.8) is 0 Å². The Morgan fingerprint density at radius 2 is 1.92 bits per heavy atom. The molecule has 1 aliphatic rings. The first kappa shape index (κ1) is 19.2. The van der Waals surface area contributed by atoms with Crippen molar-refractivity contribution in [2.24, 2.45) is 5.92 Å². The van der Waals surface area contributed by atoms with Gasteiger partial charge in [0.25, 0.3) is 0 Å². The molecule has 5 nitrogen and oxygen atoms in total. The monoisotopic (exact) mass is 372 g/mol. The molecule has 1 atom stereocenters. The molecule has 1 aromatic carbocycles. The van der Waals surface area contributed by atoms with Crippen LogP contribution in [0.25, 0.3) is 0 Å². The number of halogens is 1. The lowest BCUT2D eigenvalue weighted by Gasteiger charge is -2.29. The molecule has 0 saturated carbocycles. The Morgan fingerprint density at radius 3 is 2.54 bits per heavy atom. The van der Waals surface area contributed by atoms with Crippen molar-refractivity contribution in [1.29, 1.82) is 0 Å². The smallest absolute Gasteiger partial charge is 0.243 e. The molecule has 0 bridgehead atoms. The largest absolute Gasteiger partial charge is 0.355 e. The predicted octanol–water partition coefficient (Wildman–Crippen LogP) is 3.05. The number of hydrogen-bond acceptors (Lipinski definition) is 3. The van der Waals surface area contributed by atoms with Crippen LogP contribution in [0, 0.1) is 5.92 Å². The number of sulfonamides is 1. The van der Waals surface area contributed by atoms with Crippen LogP contribution in [0.3, 0.4) is 0 Å². The molecule has 24 heavy (non-hydrogen) atoms. The molecule has 0 aliphatic carbocycles. The molecule has 1 aliphatic heterocycles. The Hall–Kier alpha value is -1.11. The van der Waals surface area contributed by atoms with E-state index in [0.717, 1.165) is 12.8 Å². The quantitative estimate of drug-likeness (QED) is 0.834. The Labute approximate surface area is 149 Å². The Bertz CT molecular complexity index is 659. The summed E-state index contributed by atoms with van der Waals surface area (Å²) in [6.07, 6.45) is 2.96. The number of nitrogens with one attached hydrogen (secondary N) is 1. The van der Waals surface area contributed by atoms with Crippen molar-refractivity contribution in [2.45, 2.75) is 50.5 Å². The van der Waals surface area contributed by atoms with E-state index in [4.69, 9.17) is 11.6 Å². The predicted molar refractivity (Wildman–Crippen MR) is 95.4 cm³/mol. The number of carbonyl (C=O) groups excluding carboxylic acids is 1. The zero-order valence-electron chi connectivity index (χ0n) is 14.2. The first-order valence-electron chi connectivity index (χ1n) is 8.37. The lowest BCUT2D eigenvalue weighted by Crippen LogP contribution is -2.49. The van der Waals surface area contributed by atoms with Crippen LogP contribution in [0.15, 0.2) is 29.2 Å². The van der Waals surface area contributed by atoms with Crippen molar-refractivity contribution in [3.8, 4) is 0 Å². The molecule has 1 aromatic rings. The minimum Gasteiger partial charge on any atom is -0.355 e. The van der Waals surface area contributed by atoms with Gasteiger partial charge in [-0.3, -0.25) is 4.79 Å². The van der Waals surface area contributed by atoms with Gasteiger partial charge in [0.05, 0.1) is 4.90 Å². The number of benzene rings is 1. The minimum absolute atomic E-state index is 0.174. The third kappa shape index (κ3) is 4.71. The van der Waals surface area contributed by atoms with Crippen LogP contribution < -0.4 is 5.32 Å². The van der Waals surface area contributed by atoms with Crippen LogP contribution in [0.2, 0.25) is 5.02 Å². The number of amides is 1. The van der Waals surface area contributed by atoms with Gasteiger partial charge in [0.15, 0.2) is 0 Å². The molecule has 1 N–H and O–H groups in total. The van der Waals surface area contributed by atoms with Gasteiger partial charge >= 0.3 is 0 Å². The summed E-state index contributed by atoms with van der Waals surface area (Å²) in [5.41, 5.74) is 0. The van der Waals surface area contributed by atoms with Gasteiger partial charge < -0.3 is 5.32 Å². The molecule has 7 heteroatoms. The highest BCUT2D eigenvalue weighted by Crippen LogP contribution is 2.24. The summed E-state index contributed by atoms with van der Waals surface area (Å²) in [6, 6.07) is 5.46. The third-order valence-electron chi connectivity index (χ3n) is 4.20. The van der Waals surface area contributed by atoms with Gasteiger partial charge in [-0.15, -0.1) is 0 Å². The fourth-order valence-corrected chi connectivity index (χ4v) is 4.53. The molecule has 1 saturated heterocycles. The van der Waals surface area contributed by atoms with Crippen LogP contribution in [0.5, 0.6) is 0 Å². The average molecular weight is 373 g/mol. The molecule has 1 fully saturated rings. The number of carbonyl (C=O) groups is 1. The normalized spacial score (nSPS) is 19.4. The fourth-order valence-electron chi connectivity index (χ4n) is 2.77. The molecule has 0 spiro atoms. The summed E-state index contributed by atoms with van der Waals surface area (Å²) in [5.74, 6) is 0.149. The second-order valence-electron chi connectivity index (χ2n) is 6.55. The lowest BCUT2D eigenvalue weighted by molar-refractivity contribution is -0.124. The molecule has 1 heterocycles. The lowest BCUT2D eigenvalue weighted by atomic mass is 10.1. The third-order valence-corrected chi connectivity index (χ3v) is 6.38. The Balaban J connectivity index is 2.36. The summed E-state index contributed by atoms with van der Waals surface area (Å²) < 4.78 is 27.6. The van der Waals surface area contributed by atoms with Crippen LogP contribution in [0.4, 0.5) is 0 Å². The summed E-state index contributed by atoms with van der Waals surface area (Å²) in [5, 5.41) is 3.31. The van der Waals surface area contributed by atoms with Crippen LogP contribution >= 0.6 is 11.6 Å². The SMILES string of the molecule is CC(C)CCN([C@@H]1CCCCNC1=O)S(=O)(=O)c1ccc(Cl)cc1. The van der Waals surface area contributed by atoms with Gasteiger partial charge in [-0.25, -0.2) is 8.42 Å². The van der Waals surface area contributed by atoms with E-state index in [0.29, 0.717) is 36.9 Å². The topological polar surface area (TPSA) is 66.5 Å². The number of rotatable bonds is 6. The van der Waals surface area contributed by atoms with Crippen LogP contribution in [-0.4, -0.2) is 37.8 Å². The Morgan fingerprint density at radius 1 is 1.25 bits per heavy atom. The van der Waals surface area contributed by atoms with Gasteiger partial charge in [-0.05, 0) is 55.9 Å². The fraction of sp³-hybridized carbons (Fsp3) is 0.588. The molecule has 0 aromatic heterocycles. The molecule has 2 rings (SSSR count). The standard InChI is InChI=1S/C17H25ClN2O3S/c1-13(2)10-12-20(16-5-3-4-11-19-17(16)21)24(22,23)15-8-6-14(18)7-9-15/h6-9,13,16H,3-5,10-12H2,1-2H3,(H,19,21)/t16-/m1/s1. The molecule has 0 unspecified atom stereocenters. The molecule has 1 amide bonds. The van der Waals surface area contributed by atoms with Gasteiger partial charge in [0.1, 0.15) is 6.04 Å².